The number of benzene rings is 1. The van der Waals surface area contributed by atoms with E-state index in [0.717, 1.165) is 18.4 Å². The Morgan fingerprint density at radius 3 is 2.68 bits per heavy atom. The fourth-order valence-electron chi connectivity index (χ4n) is 4.43. The summed E-state index contributed by atoms with van der Waals surface area (Å²) in [6.07, 6.45) is 4.84. The van der Waals surface area contributed by atoms with Gasteiger partial charge in [0.15, 0.2) is 0 Å². The minimum Gasteiger partial charge on any atom is -0.350 e. The van der Waals surface area contributed by atoms with Crippen molar-refractivity contribution in [3.05, 3.63) is 35.6 Å². The van der Waals surface area contributed by atoms with Gasteiger partial charge in [-0.3, -0.25) is 14.4 Å². The second-order valence-corrected chi connectivity index (χ2v) is 8.13. The molecule has 28 heavy (non-hydrogen) atoms. The van der Waals surface area contributed by atoms with Gasteiger partial charge in [0.05, 0.1) is 0 Å². The maximum absolute atomic E-state index is 13.2. The molecule has 0 radical (unpaired) electrons. The zero-order chi connectivity index (χ0) is 20.1. The Morgan fingerprint density at radius 1 is 1.29 bits per heavy atom. The van der Waals surface area contributed by atoms with Crippen LogP contribution in [0.15, 0.2) is 24.3 Å². The van der Waals surface area contributed by atoms with Crippen molar-refractivity contribution in [2.75, 3.05) is 13.1 Å². The molecule has 0 aliphatic carbocycles. The van der Waals surface area contributed by atoms with Gasteiger partial charge < -0.3 is 10.2 Å². The van der Waals surface area contributed by atoms with Crippen LogP contribution in [0.1, 0.15) is 57.4 Å². The number of hydrogen-bond donors (Lipinski definition) is 1. The molecule has 0 saturated carbocycles. The molecule has 2 aliphatic heterocycles. The normalized spacial score (nSPS) is 24.9. The predicted octanol–water partition coefficient (Wildman–Crippen LogP) is 3.01. The van der Waals surface area contributed by atoms with Crippen LogP contribution in [0, 0.1) is 11.7 Å². The average Bonchev–Trinajstić information content (AvgIpc) is 3.08. The van der Waals surface area contributed by atoms with Gasteiger partial charge in [-0.15, -0.1) is 0 Å². The Morgan fingerprint density at radius 2 is 2.04 bits per heavy atom. The third kappa shape index (κ3) is 4.97. The Balaban J connectivity index is 1.62. The summed E-state index contributed by atoms with van der Waals surface area (Å²) in [7, 11) is 0. The lowest BCUT2D eigenvalue weighted by Crippen LogP contribution is -2.46. The van der Waals surface area contributed by atoms with Crippen LogP contribution in [-0.4, -0.2) is 41.1 Å². The lowest BCUT2D eigenvalue weighted by atomic mass is 9.84. The molecule has 2 aliphatic rings. The fraction of sp³-hybridized carbons (Fsp3) is 0.591. The van der Waals surface area contributed by atoms with E-state index in [1.54, 1.807) is 12.1 Å². The largest absolute Gasteiger partial charge is 0.350 e. The molecule has 1 aromatic rings. The molecule has 152 valence electrons. The number of hydrogen-bond acceptors (Lipinski definition) is 3. The third-order valence-corrected chi connectivity index (χ3v) is 6.09. The minimum absolute atomic E-state index is 0.00106. The second kappa shape index (κ2) is 8.84. The Bertz CT molecular complexity index is 734. The summed E-state index contributed by atoms with van der Waals surface area (Å²) in [6.45, 7) is 3.08. The van der Waals surface area contributed by atoms with Gasteiger partial charge in [-0.1, -0.05) is 19.1 Å². The van der Waals surface area contributed by atoms with Gasteiger partial charge >= 0.3 is 0 Å². The standard InChI is InChI=1S/C22H29FN2O3/c1-2-19(26)17-4-3-13-25(15-17)21(28)10-12-22(11-9-20(27)24-22)14-16-5-7-18(23)8-6-16/h5-8,17H,2-4,9-15H2,1H3,(H,24,27)/t17-,22+/m1/s1. The zero-order valence-corrected chi connectivity index (χ0v) is 16.5. The number of amides is 2. The molecule has 1 aromatic carbocycles. The molecule has 2 heterocycles. The molecular formula is C22H29FN2O3. The van der Waals surface area contributed by atoms with E-state index in [4.69, 9.17) is 0 Å². The van der Waals surface area contributed by atoms with Crippen LogP contribution in [0.25, 0.3) is 0 Å². The summed E-state index contributed by atoms with van der Waals surface area (Å²) >= 11 is 0. The number of rotatable bonds is 7. The zero-order valence-electron chi connectivity index (χ0n) is 16.5. The number of ketones is 1. The molecule has 2 saturated heterocycles. The lowest BCUT2D eigenvalue weighted by Gasteiger charge is -2.34. The van der Waals surface area contributed by atoms with Crippen molar-refractivity contribution in [2.45, 2.75) is 63.8 Å². The first-order valence-corrected chi connectivity index (χ1v) is 10.3. The molecule has 5 nitrogen and oxygen atoms in total. The minimum atomic E-state index is -0.459. The van der Waals surface area contributed by atoms with Gasteiger partial charge in [0.25, 0.3) is 0 Å². The number of halogens is 1. The van der Waals surface area contributed by atoms with Gasteiger partial charge in [-0.05, 0) is 49.8 Å². The van der Waals surface area contributed by atoms with E-state index in [1.807, 2.05) is 11.8 Å². The highest BCUT2D eigenvalue weighted by Gasteiger charge is 2.38. The quantitative estimate of drug-likeness (QED) is 0.781. The van der Waals surface area contributed by atoms with E-state index in [2.05, 4.69) is 5.32 Å². The highest BCUT2D eigenvalue weighted by atomic mass is 19.1. The summed E-state index contributed by atoms with van der Waals surface area (Å²) in [5, 5.41) is 3.07. The van der Waals surface area contributed by atoms with Gasteiger partial charge in [0.1, 0.15) is 11.6 Å². The third-order valence-electron chi connectivity index (χ3n) is 6.09. The maximum atomic E-state index is 13.2. The molecule has 1 N–H and O–H groups in total. The molecule has 0 spiro atoms. The molecule has 0 bridgehead atoms. The van der Waals surface area contributed by atoms with Crippen molar-refractivity contribution >= 4 is 17.6 Å². The first-order valence-electron chi connectivity index (χ1n) is 10.3. The van der Waals surface area contributed by atoms with Crippen LogP contribution < -0.4 is 5.32 Å². The van der Waals surface area contributed by atoms with Crippen LogP contribution in [0.5, 0.6) is 0 Å². The maximum Gasteiger partial charge on any atom is 0.222 e. The molecule has 6 heteroatoms. The number of Topliss-reactive ketones (excluding diaryl/α,β-unsaturated/α-hetero) is 1. The number of nitrogens with one attached hydrogen (secondary N) is 1. The van der Waals surface area contributed by atoms with E-state index in [1.165, 1.54) is 12.1 Å². The van der Waals surface area contributed by atoms with Gasteiger partial charge in [0.2, 0.25) is 11.8 Å². The van der Waals surface area contributed by atoms with E-state index in [9.17, 15) is 18.8 Å². The van der Waals surface area contributed by atoms with E-state index in [0.29, 0.717) is 51.6 Å². The average molecular weight is 388 g/mol. The van der Waals surface area contributed by atoms with Crippen molar-refractivity contribution in [3.63, 3.8) is 0 Å². The molecule has 0 unspecified atom stereocenters. The van der Waals surface area contributed by atoms with Gasteiger partial charge in [-0.25, -0.2) is 4.39 Å². The summed E-state index contributed by atoms with van der Waals surface area (Å²) in [5.74, 6) is -0.0468. The number of carbonyl (C=O) groups is 3. The summed E-state index contributed by atoms with van der Waals surface area (Å²) in [6, 6.07) is 6.30. The van der Waals surface area contributed by atoms with Crippen molar-refractivity contribution in [3.8, 4) is 0 Å². The molecular weight excluding hydrogens is 359 g/mol. The molecule has 2 amide bonds. The number of nitrogens with zero attached hydrogens (tertiary/aromatic N) is 1. The van der Waals surface area contributed by atoms with Crippen molar-refractivity contribution in [2.24, 2.45) is 5.92 Å². The number of likely N-dealkylation sites (tertiary alicyclic amines) is 1. The van der Waals surface area contributed by atoms with Crippen molar-refractivity contribution < 1.29 is 18.8 Å². The Hall–Kier alpha value is -2.24. The monoisotopic (exact) mass is 388 g/mol. The lowest BCUT2D eigenvalue weighted by molar-refractivity contribution is -0.135. The van der Waals surface area contributed by atoms with Crippen LogP contribution in [0.4, 0.5) is 4.39 Å². The number of carbonyl (C=O) groups excluding carboxylic acids is 3. The summed E-state index contributed by atoms with van der Waals surface area (Å²) in [5.41, 5.74) is 0.488. The smallest absolute Gasteiger partial charge is 0.222 e. The fourth-order valence-corrected chi connectivity index (χ4v) is 4.43. The van der Waals surface area contributed by atoms with E-state index in [-0.39, 0.29) is 29.3 Å². The first-order chi connectivity index (χ1) is 13.4. The second-order valence-electron chi connectivity index (χ2n) is 8.13. The number of piperidine rings is 1. The van der Waals surface area contributed by atoms with E-state index < -0.39 is 5.54 Å². The van der Waals surface area contributed by atoms with Crippen LogP contribution in [0.3, 0.4) is 0 Å². The summed E-state index contributed by atoms with van der Waals surface area (Å²) < 4.78 is 13.2. The highest BCUT2D eigenvalue weighted by molar-refractivity contribution is 5.83. The van der Waals surface area contributed by atoms with Crippen LogP contribution in [-0.2, 0) is 20.8 Å². The van der Waals surface area contributed by atoms with Crippen molar-refractivity contribution in [1.82, 2.24) is 10.2 Å². The topological polar surface area (TPSA) is 66.5 Å². The highest BCUT2D eigenvalue weighted by Crippen LogP contribution is 2.30. The van der Waals surface area contributed by atoms with Gasteiger partial charge in [0, 0.05) is 43.8 Å². The SMILES string of the molecule is CCC(=O)[C@@H]1CCCN(C(=O)CC[C@]2(Cc3ccc(F)cc3)CCC(=O)N2)C1. The Labute approximate surface area is 165 Å². The first kappa shape index (κ1) is 20.5. The predicted molar refractivity (Wildman–Crippen MR) is 104 cm³/mol. The molecule has 2 fully saturated rings. The van der Waals surface area contributed by atoms with E-state index >= 15 is 0 Å². The van der Waals surface area contributed by atoms with Crippen LogP contribution >= 0.6 is 0 Å². The molecule has 2 atom stereocenters. The van der Waals surface area contributed by atoms with Gasteiger partial charge in [-0.2, -0.15) is 0 Å². The Kier molecular flexibility index (Phi) is 6.47. The van der Waals surface area contributed by atoms with Crippen molar-refractivity contribution in [1.29, 1.82) is 0 Å². The van der Waals surface area contributed by atoms with Crippen LogP contribution in [0.2, 0.25) is 0 Å². The molecule has 0 aromatic heterocycles. The summed E-state index contributed by atoms with van der Waals surface area (Å²) in [4.78, 5) is 38.5. The molecule has 3 rings (SSSR count).